The molecule has 0 aromatic rings. The molecular formula is C65H113NO13. The lowest BCUT2D eigenvalue weighted by Crippen LogP contribution is -2.65. The number of allylic oxidation sites excluding steroid dienone is 13. The topological polar surface area (TPSA) is 228 Å². The summed E-state index contributed by atoms with van der Waals surface area (Å²) in [5, 5.41) is 86.9. The Bertz CT molecular complexity index is 1650. The van der Waals surface area contributed by atoms with E-state index in [9.17, 15) is 45.6 Å². The highest BCUT2D eigenvalue weighted by molar-refractivity contribution is 5.76. The molecule has 2 fully saturated rings. The smallest absolute Gasteiger partial charge is 0.220 e. The second kappa shape index (κ2) is 49.8. The van der Waals surface area contributed by atoms with E-state index < -0.39 is 86.8 Å². The van der Waals surface area contributed by atoms with Gasteiger partial charge in [0.05, 0.1) is 32.0 Å². The zero-order valence-corrected chi connectivity index (χ0v) is 49.1. The molecule has 0 aliphatic carbocycles. The Labute approximate surface area is 478 Å². The summed E-state index contributed by atoms with van der Waals surface area (Å²) in [5.74, 6) is -0.335. The maximum Gasteiger partial charge on any atom is 0.220 e. The van der Waals surface area contributed by atoms with Crippen molar-refractivity contribution in [3.8, 4) is 0 Å². The summed E-state index contributed by atoms with van der Waals surface area (Å²) in [5.41, 5.74) is 0. The molecule has 2 heterocycles. The van der Waals surface area contributed by atoms with Gasteiger partial charge in [0, 0.05) is 6.42 Å². The molecule has 2 saturated heterocycles. The molecular weight excluding hydrogens is 1000 g/mol. The fourth-order valence-corrected chi connectivity index (χ4v) is 9.81. The molecule has 12 atom stereocenters. The SMILES string of the molecule is CC/C=C\C/C=C\C/C=C\C/C=C\CCC(=O)NC(COC1OC(CO)C(OC2OC(CO)C(O)C(O)C2O)C(O)C1O)C(O)/C=C/CC/C=C/CC/C=C/CCCCCCCCCCCCCCCCCCCCCCCC. The van der Waals surface area contributed by atoms with Crippen molar-refractivity contribution in [2.75, 3.05) is 19.8 Å². The molecule has 0 saturated carbocycles. The molecule has 0 aromatic heterocycles. The van der Waals surface area contributed by atoms with Crippen LogP contribution in [-0.4, -0.2) is 140 Å². The zero-order chi connectivity index (χ0) is 57.4. The lowest BCUT2D eigenvalue weighted by molar-refractivity contribution is -0.359. The molecule has 2 aliphatic heterocycles. The van der Waals surface area contributed by atoms with Crippen LogP contribution in [0.5, 0.6) is 0 Å². The molecule has 14 nitrogen and oxygen atoms in total. The summed E-state index contributed by atoms with van der Waals surface area (Å²) in [6, 6.07) is -0.981. The highest BCUT2D eigenvalue weighted by atomic mass is 16.7. The Morgan fingerprint density at radius 1 is 0.468 bits per heavy atom. The average Bonchev–Trinajstić information content (AvgIpc) is 3.45. The van der Waals surface area contributed by atoms with Gasteiger partial charge in [-0.3, -0.25) is 4.79 Å². The number of aliphatic hydroxyl groups is 8. The summed E-state index contributed by atoms with van der Waals surface area (Å²) in [6.45, 7) is 2.60. The molecule has 9 N–H and O–H groups in total. The number of carbonyl (C=O) groups is 1. The van der Waals surface area contributed by atoms with E-state index in [0.717, 1.165) is 51.4 Å². The number of carbonyl (C=O) groups excluding carboxylic acids is 1. The predicted molar refractivity (Wildman–Crippen MR) is 318 cm³/mol. The zero-order valence-electron chi connectivity index (χ0n) is 49.1. The highest BCUT2D eigenvalue weighted by Gasteiger charge is 2.51. The Balaban J connectivity index is 1.71. The number of nitrogens with one attached hydrogen (secondary N) is 1. The maximum atomic E-state index is 13.2. The van der Waals surface area contributed by atoms with Gasteiger partial charge in [-0.2, -0.15) is 0 Å². The quantitative estimate of drug-likeness (QED) is 0.0204. The van der Waals surface area contributed by atoms with Gasteiger partial charge in [-0.15, -0.1) is 0 Å². The molecule has 79 heavy (non-hydrogen) atoms. The number of amides is 1. The van der Waals surface area contributed by atoms with Crippen molar-refractivity contribution in [3.63, 3.8) is 0 Å². The fraction of sp³-hybridized carbons (Fsp3) is 0.769. The minimum atomic E-state index is -1.80. The van der Waals surface area contributed by atoms with E-state index in [1.54, 1.807) is 6.08 Å². The molecule has 2 rings (SSSR count). The largest absolute Gasteiger partial charge is 0.394 e. The van der Waals surface area contributed by atoms with Crippen molar-refractivity contribution in [1.82, 2.24) is 5.32 Å². The summed E-state index contributed by atoms with van der Waals surface area (Å²) in [7, 11) is 0. The normalized spacial score (nSPS) is 25.0. The fourth-order valence-electron chi connectivity index (χ4n) is 9.81. The van der Waals surface area contributed by atoms with Crippen LogP contribution >= 0.6 is 0 Å². The van der Waals surface area contributed by atoms with Gasteiger partial charge in [0.25, 0.3) is 0 Å². The van der Waals surface area contributed by atoms with Crippen molar-refractivity contribution in [3.05, 3.63) is 85.1 Å². The lowest BCUT2D eigenvalue weighted by atomic mass is 9.97. The molecule has 14 heteroatoms. The first-order chi connectivity index (χ1) is 38.6. The van der Waals surface area contributed by atoms with Crippen LogP contribution < -0.4 is 5.32 Å². The Kier molecular flexibility index (Phi) is 45.5. The second-order valence-electron chi connectivity index (χ2n) is 21.8. The van der Waals surface area contributed by atoms with Crippen molar-refractivity contribution in [2.24, 2.45) is 0 Å². The van der Waals surface area contributed by atoms with Gasteiger partial charge in [0.2, 0.25) is 5.91 Å². The number of unbranched alkanes of at least 4 members (excludes halogenated alkanes) is 24. The molecule has 0 spiro atoms. The van der Waals surface area contributed by atoms with Crippen LogP contribution in [-0.2, 0) is 23.7 Å². The monoisotopic (exact) mass is 1120 g/mol. The van der Waals surface area contributed by atoms with Gasteiger partial charge < -0.3 is 65.1 Å². The molecule has 12 unspecified atom stereocenters. The molecule has 0 aromatic carbocycles. The first-order valence-electron chi connectivity index (χ1n) is 31.3. The Morgan fingerprint density at radius 2 is 0.886 bits per heavy atom. The number of aliphatic hydroxyl groups excluding tert-OH is 8. The van der Waals surface area contributed by atoms with Crippen LogP contribution in [0.1, 0.15) is 226 Å². The van der Waals surface area contributed by atoms with Gasteiger partial charge in [-0.05, 0) is 70.6 Å². The van der Waals surface area contributed by atoms with Crippen molar-refractivity contribution >= 4 is 5.91 Å². The van der Waals surface area contributed by atoms with Crippen LogP contribution in [0.25, 0.3) is 0 Å². The maximum absolute atomic E-state index is 13.2. The highest BCUT2D eigenvalue weighted by Crippen LogP contribution is 2.30. The Morgan fingerprint density at radius 3 is 1.38 bits per heavy atom. The predicted octanol–water partition coefficient (Wildman–Crippen LogP) is 11.3. The first kappa shape index (κ1) is 72.3. The summed E-state index contributed by atoms with van der Waals surface area (Å²) < 4.78 is 22.7. The van der Waals surface area contributed by atoms with E-state index in [-0.39, 0.29) is 18.9 Å². The van der Waals surface area contributed by atoms with E-state index in [1.807, 2.05) is 18.2 Å². The van der Waals surface area contributed by atoms with Gasteiger partial charge in [0.1, 0.15) is 48.8 Å². The number of rotatable bonds is 49. The van der Waals surface area contributed by atoms with E-state index in [1.165, 1.54) is 141 Å². The van der Waals surface area contributed by atoms with Gasteiger partial charge in [-0.25, -0.2) is 0 Å². The van der Waals surface area contributed by atoms with Crippen LogP contribution in [0, 0.1) is 0 Å². The van der Waals surface area contributed by atoms with Crippen LogP contribution in [0.3, 0.4) is 0 Å². The van der Waals surface area contributed by atoms with Crippen LogP contribution in [0.15, 0.2) is 85.1 Å². The molecule has 2 aliphatic rings. The van der Waals surface area contributed by atoms with Gasteiger partial charge >= 0.3 is 0 Å². The van der Waals surface area contributed by atoms with Crippen molar-refractivity contribution < 1.29 is 64.6 Å². The lowest BCUT2D eigenvalue weighted by Gasteiger charge is -2.46. The van der Waals surface area contributed by atoms with E-state index in [0.29, 0.717) is 12.8 Å². The second-order valence-corrected chi connectivity index (χ2v) is 21.8. The average molecular weight is 1120 g/mol. The van der Waals surface area contributed by atoms with Crippen molar-refractivity contribution in [1.29, 1.82) is 0 Å². The minimum Gasteiger partial charge on any atom is -0.394 e. The van der Waals surface area contributed by atoms with E-state index in [4.69, 9.17) is 18.9 Å². The summed E-state index contributed by atoms with van der Waals surface area (Å²) in [4.78, 5) is 13.2. The van der Waals surface area contributed by atoms with Crippen molar-refractivity contribution in [2.45, 2.75) is 299 Å². The number of ether oxygens (including phenoxy) is 4. The van der Waals surface area contributed by atoms with E-state index in [2.05, 4.69) is 79.9 Å². The third-order valence-electron chi connectivity index (χ3n) is 14.8. The molecule has 0 bridgehead atoms. The summed E-state index contributed by atoms with van der Waals surface area (Å²) >= 11 is 0. The minimum absolute atomic E-state index is 0.144. The number of hydrogen-bond acceptors (Lipinski definition) is 13. The number of hydrogen-bond donors (Lipinski definition) is 9. The molecule has 456 valence electrons. The standard InChI is InChI=1S/C65H113NO13/c1-3-5-7-9-11-13-15-17-18-19-20-21-22-23-24-25-26-27-28-29-30-31-32-33-34-35-37-38-40-42-44-46-48-54(69)53(66-57(70)49-47-45-43-41-39-36-16-14-12-10-8-6-4-2)52-76-64-62(75)60(73)63(56(51-68)78-64)79-65-61(74)59(72)58(71)55(50-67)77-65/h6,8,12,14,33-34,36,38-40,43,45-46,48,53-56,58-65,67-69,71-75H,3-5,7,9-11,13,15-32,35,37,41-42,44,47,49-52H2,1-2H3,(H,66,70)/b8-6-,14-12-,34-33+,39-36-,40-38+,45-43-,48-46+. The van der Waals surface area contributed by atoms with E-state index >= 15 is 0 Å². The molecule has 0 radical (unpaired) electrons. The molecule has 1 amide bonds. The van der Waals surface area contributed by atoms with Crippen LogP contribution in [0.4, 0.5) is 0 Å². The van der Waals surface area contributed by atoms with Gasteiger partial charge in [0.15, 0.2) is 12.6 Å². The Hall–Kier alpha value is -2.83. The van der Waals surface area contributed by atoms with Gasteiger partial charge in [-0.1, -0.05) is 234 Å². The summed E-state index contributed by atoms with van der Waals surface area (Å²) in [6.07, 6.45) is 51.1. The third-order valence-corrected chi connectivity index (χ3v) is 14.8. The third kappa shape index (κ3) is 35.0. The first-order valence-corrected chi connectivity index (χ1v) is 31.3. The van der Waals surface area contributed by atoms with Crippen LogP contribution in [0.2, 0.25) is 0 Å².